The molecule has 0 aromatic rings. The van der Waals surface area contributed by atoms with Crippen molar-refractivity contribution in [1.82, 2.24) is 0 Å². The van der Waals surface area contributed by atoms with Crippen molar-refractivity contribution in [2.75, 3.05) is 0 Å². The molecule has 0 spiro atoms. The van der Waals surface area contributed by atoms with Crippen LogP contribution in [0.2, 0.25) is 0 Å². The number of rotatable bonds is 2. The van der Waals surface area contributed by atoms with Gasteiger partial charge in [0.2, 0.25) is 0 Å². The third kappa shape index (κ3) is 1.97. The van der Waals surface area contributed by atoms with E-state index in [1.54, 1.807) is 32.1 Å². The molecule has 0 bridgehead atoms. The molecular weight excluding hydrogens is 180 g/mol. The van der Waals surface area contributed by atoms with Crippen LogP contribution in [-0.2, 0) is 0 Å². The molecule has 3 aliphatic rings. The maximum Gasteiger partial charge on any atom is -0.0176 e. The topological polar surface area (TPSA) is 0 Å². The first-order valence-electron chi connectivity index (χ1n) is 7.31. The van der Waals surface area contributed by atoms with Crippen LogP contribution in [0, 0.1) is 23.7 Å². The fraction of sp³-hybridized carbons (Fsp3) is 0.933. The van der Waals surface area contributed by atoms with Gasteiger partial charge in [-0.05, 0) is 49.4 Å². The highest BCUT2D eigenvalue weighted by Gasteiger charge is 2.39. The molecule has 0 nitrogen and oxygen atoms in total. The molecule has 3 saturated carbocycles. The van der Waals surface area contributed by atoms with E-state index >= 15 is 0 Å². The van der Waals surface area contributed by atoms with Gasteiger partial charge in [-0.2, -0.15) is 0 Å². The largest absolute Gasteiger partial charge is 0.0530 e. The van der Waals surface area contributed by atoms with Gasteiger partial charge in [0.25, 0.3) is 0 Å². The van der Waals surface area contributed by atoms with Gasteiger partial charge in [-0.15, -0.1) is 0 Å². The van der Waals surface area contributed by atoms with Crippen molar-refractivity contribution in [3.05, 3.63) is 5.92 Å². The molecule has 3 fully saturated rings. The average molecular weight is 205 g/mol. The number of hydrogen-bond donors (Lipinski definition) is 0. The van der Waals surface area contributed by atoms with Crippen molar-refractivity contribution in [2.45, 2.75) is 70.6 Å². The summed E-state index contributed by atoms with van der Waals surface area (Å²) >= 11 is 0. The second kappa shape index (κ2) is 4.47. The van der Waals surface area contributed by atoms with E-state index in [1.807, 2.05) is 5.92 Å². The molecule has 0 amide bonds. The van der Waals surface area contributed by atoms with Gasteiger partial charge in [0.05, 0.1) is 0 Å². The van der Waals surface area contributed by atoms with Crippen molar-refractivity contribution in [3.8, 4) is 0 Å². The smallest absolute Gasteiger partial charge is 0.0176 e. The summed E-state index contributed by atoms with van der Waals surface area (Å²) in [5.41, 5.74) is 0. The highest BCUT2D eigenvalue weighted by Crippen LogP contribution is 2.51. The molecule has 1 unspecified atom stereocenters. The maximum absolute atomic E-state index is 2.04. The third-order valence-corrected chi connectivity index (χ3v) is 5.31. The molecule has 3 aliphatic carbocycles. The molecule has 0 aliphatic heterocycles. The zero-order valence-electron chi connectivity index (χ0n) is 10.0. The van der Waals surface area contributed by atoms with E-state index in [-0.39, 0.29) is 0 Å². The van der Waals surface area contributed by atoms with Gasteiger partial charge >= 0.3 is 0 Å². The molecule has 0 heterocycles. The summed E-state index contributed by atoms with van der Waals surface area (Å²) in [6, 6.07) is 0. The zero-order chi connectivity index (χ0) is 10.1. The van der Waals surface area contributed by atoms with Gasteiger partial charge < -0.3 is 0 Å². The Morgan fingerprint density at radius 3 is 2.07 bits per heavy atom. The summed E-state index contributed by atoms with van der Waals surface area (Å²) in [7, 11) is 0. The second-order valence-electron chi connectivity index (χ2n) is 6.10. The quantitative estimate of drug-likeness (QED) is 0.610. The van der Waals surface area contributed by atoms with Crippen molar-refractivity contribution in [1.29, 1.82) is 0 Å². The standard InChI is InChI=1S/C15H25/c1-2-7-12(6-1)14-10-5-11-15(14)13-8-3-4-9-13/h12-14H,1-11H2. The van der Waals surface area contributed by atoms with E-state index < -0.39 is 0 Å². The van der Waals surface area contributed by atoms with E-state index in [2.05, 4.69) is 0 Å². The minimum atomic E-state index is 1.07. The van der Waals surface area contributed by atoms with Crippen LogP contribution in [0.1, 0.15) is 70.6 Å². The fourth-order valence-corrected chi connectivity index (χ4v) is 4.60. The van der Waals surface area contributed by atoms with Gasteiger partial charge in [-0.25, -0.2) is 0 Å². The average Bonchev–Trinajstić information content (AvgIpc) is 3.01. The van der Waals surface area contributed by atoms with E-state index in [1.165, 1.54) is 38.5 Å². The molecule has 0 saturated heterocycles. The van der Waals surface area contributed by atoms with Gasteiger partial charge in [0.1, 0.15) is 0 Å². The molecule has 85 valence electrons. The van der Waals surface area contributed by atoms with Crippen LogP contribution in [0.4, 0.5) is 0 Å². The van der Waals surface area contributed by atoms with Gasteiger partial charge in [-0.3, -0.25) is 0 Å². The lowest BCUT2D eigenvalue weighted by Crippen LogP contribution is -2.20. The van der Waals surface area contributed by atoms with Crippen molar-refractivity contribution < 1.29 is 0 Å². The van der Waals surface area contributed by atoms with Gasteiger partial charge in [0.15, 0.2) is 0 Å². The summed E-state index contributed by atoms with van der Waals surface area (Å²) in [6.45, 7) is 0. The Bertz CT molecular complexity index is 174. The fourth-order valence-electron chi connectivity index (χ4n) is 4.60. The highest BCUT2D eigenvalue weighted by molar-refractivity contribution is 5.09. The Balaban J connectivity index is 1.65. The SMILES string of the molecule is C1CCC([C]2CCCC2C2CCCC2)C1. The minimum Gasteiger partial charge on any atom is -0.0530 e. The predicted molar refractivity (Wildman–Crippen MR) is 64.5 cm³/mol. The van der Waals surface area contributed by atoms with Gasteiger partial charge in [-0.1, -0.05) is 44.9 Å². The zero-order valence-corrected chi connectivity index (χ0v) is 10.0. The van der Waals surface area contributed by atoms with Gasteiger partial charge in [0, 0.05) is 0 Å². The molecule has 0 N–H and O–H groups in total. The minimum absolute atomic E-state index is 1.07. The lowest BCUT2D eigenvalue weighted by molar-refractivity contribution is 0.324. The second-order valence-corrected chi connectivity index (χ2v) is 6.10. The molecule has 0 aromatic carbocycles. The summed E-state index contributed by atoms with van der Waals surface area (Å²) in [6.07, 6.45) is 16.9. The van der Waals surface area contributed by atoms with Crippen molar-refractivity contribution in [2.24, 2.45) is 17.8 Å². The Kier molecular flexibility index (Phi) is 3.03. The van der Waals surface area contributed by atoms with E-state index in [9.17, 15) is 0 Å². The summed E-state index contributed by atoms with van der Waals surface area (Å²) in [5, 5.41) is 0. The van der Waals surface area contributed by atoms with Crippen molar-refractivity contribution >= 4 is 0 Å². The van der Waals surface area contributed by atoms with Crippen LogP contribution in [0.3, 0.4) is 0 Å². The van der Waals surface area contributed by atoms with E-state index in [4.69, 9.17) is 0 Å². The van der Waals surface area contributed by atoms with Crippen molar-refractivity contribution in [3.63, 3.8) is 0 Å². The number of hydrogen-bond acceptors (Lipinski definition) is 0. The van der Waals surface area contributed by atoms with Crippen LogP contribution in [0.5, 0.6) is 0 Å². The van der Waals surface area contributed by atoms with Crippen LogP contribution in [0.15, 0.2) is 0 Å². The molecular formula is C15H25. The maximum atomic E-state index is 2.04. The Morgan fingerprint density at radius 1 is 0.667 bits per heavy atom. The molecule has 15 heavy (non-hydrogen) atoms. The first kappa shape index (κ1) is 10.2. The van der Waals surface area contributed by atoms with Crippen LogP contribution in [-0.4, -0.2) is 0 Å². The monoisotopic (exact) mass is 205 g/mol. The molecule has 3 rings (SSSR count). The molecule has 0 heteroatoms. The Labute approximate surface area is 94.8 Å². The van der Waals surface area contributed by atoms with Crippen LogP contribution >= 0.6 is 0 Å². The normalized spacial score (nSPS) is 35.6. The Morgan fingerprint density at radius 2 is 1.33 bits per heavy atom. The highest BCUT2D eigenvalue weighted by atomic mass is 14.4. The van der Waals surface area contributed by atoms with E-state index in [0.717, 1.165) is 17.8 Å². The summed E-state index contributed by atoms with van der Waals surface area (Å²) in [4.78, 5) is 0. The lowest BCUT2D eigenvalue weighted by atomic mass is 9.76. The van der Waals surface area contributed by atoms with Crippen LogP contribution in [0.25, 0.3) is 0 Å². The predicted octanol–water partition coefficient (Wildman–Crippen LogP) is 4.74. The lowest BCUT2D eigenvalue weighted by Gasteiger charge is -2.29. The van der Waals surface area contributed by atoms with Crippen LogP contribution < -0.4 is 0 Å². The first-order chi connectivity index (χ1) is 7.45. The third-order valence-electron chi connectivity index (χ3n) is 5.31. The summed E-state index contributed by atoms with van der Waals surface area (Å²) in [5.74, 6) is 5.30. The Hall–Kier alpha value is 0. The molecule has 1 atom stereocenters. The first-order valence-corrected chi connectivity index (χ1v) is 7.31. The van der Waals surface area contributed by atoms with E-state index in [0.29, 0.717) is 0 Å². The summed E-state index contributed by atoms with van der Waals surface area (Å²) < 4.78 is 0. The molecule has 0 aromatic heterocycles. The molecule has 1 radical (unpaired) electrons.